The van der Waals surface area contributed by atoms with Crippen LogP contribution in [0.25, 0.3) is 0 Å². The van der Waals surface area contributed by atoms with E-state index in [2.05, 4.69) is 6.92 Å². The van der Waals surface area contributed by atoms with Gasteiger partial charge < -0.3 is 114 Å². The zero-order chi connectivity index (χ0) is 49.7. The molecule has 5 saturated heterocycles. The molecule has 0 saturated carbocycles. The second-order valence-electron chi connectivity index (χ2n) is 19.0. The van der Waals surface area contributed by atoms with Gasteiger partial charge in [-0.05, 0) is 20.3 Å². The SMILES string of the molecule is CCCCCCCCCCCCCCCCO[C@@H]1O[C@H](CO[C@@H]2O[C@H](C)[C@@H](O)[C@H](O[C@@H]3O[C@H](CO)[C@@H](O)[C@H](O[C@H]4OC[C@H](O)[C@@H](O)[C@@H]4O)[C@H]3O[C@H]3O[C@@H](C)[C@H](O)[C@@H](O)[C@@H]3O)[C@H]2O)[C@@H](O)[C@H](O)[C@H]1O. The second kappa shape index (κ2) is 28.5. The molecule has 23 heteroatoms. The molecule has 0 aromatic heterocycles. The summed E-state index contributed by atoms with van der Waals surface area (Å²) >= 11 is 0. The fraction of sp³-hybridized carbons (Fsp3) is 1.00. The van der Waals surface area contributed by atoms with Crippen molar-refractivity contribution in [3.05, 3.63) is 0 Å². The van der Waals surface area contributed by atoms with Crippen molar-refractivity contribution in [2.75, 3.05) is 26.4 Å². The van der Waals surface area contributed by atoms with Crippen LogP contribution in [0, 0.1) is 0 Å². The van der Waals surface area contributed by atoms with Crippen LogP contribution in [0.2, 0.25) is 0 Å². The van der Waals surface area contributed by atoms with E-state index in [9.17, 15) is 66.4 Å². The van der Waals surface area contributed by atoms with Gasteiger partial charge in [-0.3, -0.25) is 0 Å². The molecule has 5 rings (SSSR count). The van der Waals surface area contributed by atoms with Gasteiger partial charge >= 0.3 is 0 Å². The summed E-state index contributed by atoms with van der Waals surface area (Å²) in [4.78, 5) is 0. The first kappa shape index (κ1) is 58.0. The van der Waals surface area contributed by atoms with Gasteiger partial charge in [-0.1, -0.05) is 90.4 Å². The Balaban J connectivity index is 1.19. The van der Waals surface area contributed by atoms with Crippen LogP contribution in [-0.2, 0) is 47.4 Å². The molecular formula is C45H82O23. The van der Waals surface area contributed by atoms with Crippen LogP contribution in [0.4, 0.5) is 0 Å². The summed E-state index contributed by atoms with van der Waals surface area (Å²) in [6, 6.07) is 0. The fourth-order valence-electron chi connectivity index (χ4n) is 9.11. The quantitative estimate of drug-likeness (QED) is 0.0392. The van der Waals surface area contributed by atoms with Gasteiger partial charge in [0.15, 0.2) is 31.5 Å². The molecule has 0 aromatic rings. The lowest BCUT2D eigenvalue weighted by molar-refractivity contribution is -0.402. The normalized spacial score (nSPS) is 44.8. The van der Waals surface area contributed by atoms with E-state index < -0.39 is 167 Å². The highest BCUT2D eigenvalue weighted by atomic mass is 16.8. The summed E-state index contributed by atoms with van der Waals surface area (Å²) in [7, 11) is 0. The van der Waals surface area contributed by atoms with Crippen molar-refractivity contribution >= 4 is 0 Å². The Morgan fingerprint density at radius 1 is 0.397 bits per heavy atom. The highest BCUT2D eigenvalue weighted by Gasteiger charge is 2.56. The molecule has 0 spiro atoms. The Kier molecular flexibility index (Phi) is 24.3. The van der Waals surface area contributed by atoms with Crippen LogP contribution >= 0.6 is 0 Å². The molecule has 0 aliphatic carbocycles. The number of aliphatic hydroxyl groups is 13. The first-order valence-electron chi connectivity index (χ1n) is 24.7. The molecule has 68 heavy (non-hydrogen) atoms. The maximum absolute atomic E-state index is 11.6. The summed E-state index contributed by atoms with van der Waals surface area (Å²) in [6.45, 7) is 3.30. The Labute approximate surface area is 397 Å². The minimum Gasteiger partial charge on any atom is -0.394 e. The van der Waals surface area contributed by atoms with Crippen LogP contribution in [0.3, 0.4) is 0 Å². The summed E-state index contributed by atoms with van der Waals surface area (Å²) < 4.78 is 58.1. The standard InChI is InChI=1S/C45H82O23/c1-4-5-6-7-8-9-10-11-12-13-14-15-16-17-18-59-41-35(56)33(54)30(51)26(65-41)21-61-43-37(58)38(28(49)23(3)62-43)66-45-40(68-44-36(57)32(53)27(48)22(2)63-44)39(31(52)25(19-46)64-45)67-42-34(55)29(50)24(47)20-60-42/h22-58H,4-21H2,1-3H3/t22-,23+,24-,25+,26+,27-,28+,29+,30+,31+,32+,33-,34-,35+,36-,37+,38-,39-,40+,41+,42+,43+,44+,45-/m0/s1. The van der Waals surface area contributed by atoms with Gasteiger partial charge in [0.25, 0.3) is 0 Å². The lowest BCUT2D eigenvalue weighted by Gasteiger charge is -2.50. The van der Waals surface area contributed by atoms with Gasteiger partial charge in [0.1, 0.15) is 104 Å². The van der Waals surface area contributed by atoms with Gasteiger partial charge in [-0.25, -0.2) is 0 Å². The molecule has 0 radical (unpaired) electrons. The smallest absolute Gasteiger partial charge is 0.187 e. The van der Waals surface area contributed by atoms with E-state index in [-0.39, 0.29) is 6.61 Å². The largest absolute Gasteiger partial charge is 0.394 e. The van der Waals surface area contributed by atoms with Crippen molar-refractivity contribution in [3.63, 3.8) is 0 Å². The van der Waals surface area contributed by atoms with E-state index in [0.29, 0.717) is 6.42 Å². The number of hydrogen-bond donors (Lipinski definition) is 13. The van der Waals surface area contributed by atoms with Gasteiger partial charge in [0.2, 0.25) is 0 Å². The molecule has 400 valence electrons. The molecule has 5 aliphatic heterocycles. The average Bonchev–Trinajstić information content (AvgIpc) is 3.32. The molecule has 5 aliphatic rings. The average molecular weight is 991 g/mol. The van der Waals surface area contributed by atoms with Gasteiger partial charge in [-0.2, -0.15) is 0 Å². The molecule has 24 atom stereocenters. The van der Waals surface area contributed by atoms with E-state index in [4.69, 9.17) is 47.4 Å². The Hall–Kier alpha value is -0.920. The monoisotopic (exact) mass is 991 g/mol. The zero-order valence-electron chi connectivity index (χ0n) is 39.5. The van der Waals surface area contributed by atoms with Gasteiger partial charge in [0, 0.05) is 6.61 Å². The van der Waals surface area contributed by atoms with Crippen molar-refractivity contribution in [1.82, 2.24) is 0 Å². The number of ether oxygens (including phenoxy) is 10. The number of rotatable bonds is 26. The topological polar surface area (TPSA) is 355 Å². The highest BCUT2D eigenvalue weighted by Crippen LogP contribution is 2.36. The van der Waals surface area contributed by atoms with Crippen LogP contribution in [0.5, 0.6) is 0 Å². The number of unbranched alkanes of at least 4 members (excludes halogenated alkanes) is 13. The predicted molar refractivity (Wildman–Crippen MR) is 232 cm³/mol. The van der Waals surface area contributed by atoms with E-state index in [0.717, 1.165) is 19.3 Å². The number of hydrogen-bond acceptors (Lipinski definition) is 23. The minimum atomic E-state index is -1.92. The van der Waals surface area contributed by atoms with Crippen LogP contribution in [0.1, 0.15) is 111 Å². The van der Waals surface area contributed by atoms with E-state index >= 15 is 0 Å². The molecule has 5 fully saturated rings. The maximum Gasteiger partial charge on any atom is 0.187 e. The molecule has 5 heterocycles. The molecule has 13 N–H and O–H groups in total. The Morgan fingerprint density at radius 2 is 0.882 bits per heavy atom. The summed E-state index contributed by atoms with van der Waals surface area (Å²) in [5.74, 6) is 0. The van der Waals surface area contributed by atoms with Crippen molar-refractivity contribution in [2.24, 2.45) is 0 Å². The Bertz CT molecular complexity index is 1390. The first-order valence-corrected chi connectivity index (χ1v) is 24.7. The Morgan fingerprint density at radius 3 is 1.50 bits per heavy atom. The van der Waals surface area contributed by atoms with E-state index in [1.807, 2.05) is 0 Å². The molecule has 0 unspecified atom stereocenters. The van der Waals surface area contributed by atoms with Crippen molar-refractivity contribution in [3.8, 4) is 0 Å². The zero-order valence-corrected chi connectivity index (χ0v) is 39.5. The third-order valence-corrected chi connectivity index (χ3v) is 13.6. The van der Waals surface area contributed by atoms with Crippen LogP contribution in [-0.4, -0.2) is 240 Å². The predicted octanol–water partition coefficient (Wildman–Crippen LogP) is -2.72. The molecule has 23 nitrogen and oxygen atoms in total. The second-order valence-corrected chi connectivity index (χ2v) is 19.0. The molecule has 0 amide bonds. The maximum atomic E-state index is 11.6. The first-order chi connectivity index (χ1) is 32.5. The summed E-state index contributed by atoms with van der Waals surface area (Å²) in [5.41, 5.74) is 0. The van der Waals surface area contributed by atoms with Gasteiger partial charge in [0.05, 0.1) is 32.0 Å². The summed E-state index contributed by atoms with van der Waals surface area (Å²) in [6.07, 6.45) is -23.1. The van der Waals surface area contributed by atoms with Crippen LogP contribution in [0.15, 0.2) is 0 Å². The fourth-order valence-corrected chi connectivity index (χ4v) is 9.11. The lowest BCUT2D eigenvalue weighted by Crippen LogP contribution is -2.68. The third-order valence-electron chi connectivity index (χ3n) is 13.6. The van der Waals surface area contributed by atoms with Gasteiger partial charge in [-0.15, -0.1) is 0 Å². The number of aliphatic hydroxyl groups excluding tert-OH is 13. The van der Waals surface area contributed by atoms with Crippen molar-refractivity contribution in [2.45, 2.75) is 258 Å². The van der Waals surface area contributed by atoms with Crippen molar-refractivity contribution < 1.29 is 114 Å². The lowest BCUT2D eigenvalue weighted by atomic mass is 9.95. The third kappa shape index (κ3) is 15.3. The van der Waals surface area contributed by atoms with E-state index in [1.54, 1.807) is 0 Å². The van der Waals surface area contributed by atoms with Crippen LogP contribution < -0.4 is 0 Å². The summed E-state index contributed by atoms with van der Waals surface area (Å²) in [5, 5.41) is 140. The van der Waals surface area contributed by atoms with E-state index in [1.165, 1.54) is 78.1 Å². The molecule has 0 bridgehead atoms. The van der Waals surface area contributed by atoms with Crippen molar-refractivity contribution in [1.29, 1.82) is 0 Å². The highest BCUT2D eigenvalue weighted by molar-refractivity contribution is 4.98. The minimum absolute atomic E-state index is 0.218. The molecule has 0 aromatic carbocycles. The molecular weight excluding hydrogens is 908 g/mol.